The van der Waals surface area contributed by atoms with E-state index >= 15 is 0 Å². The molecule has 0 saturated heterocycles. The third kappa shape index (κ3) is 3.35. The van der Waals surface area contributed by atoms with Crippen LogP contribution >= 0.6 is 15.9 Å². The quantitative estimate of drug-likeness (QED) is 0.773. The molecule has 0 aliphatic rings. The molecular weight excluding hydrogens is 290 g/mol. The van der Waals surface area contributed by atoms with Crippen LogP contribution in [0.15, 0.2) is 12.1 Å². The molecule has 0 aliphatic carbocycles. The van der Waals surface area contributed by atoms with Gasteiger partial charge in [0.15, 0.2) is 0 Å². The number of carbonyl (C=O) groups excluding carboxylic acids is 1. The second-order valence-corrected chi connectivity index (χ2v) is 5.49. The second kappa shape index (κ2) is 5.71. The number of carbonyl (C=O) groups is 1. The van der Waals surface area contributed by atoms with Crippen molar-refractivity contribution in [3.05, 3.63) is 34.9 Å². The third-order valence-electron chi connectivity index (χ3n) is 2.64. The van der Waals surface area contributed by atoms with Crippen molar-refractivity contribution in [1.82, 2.24) is 0 Å². The molecule has 0 spiro atoms. The topological polar surface area (TPSA) is 17.1 Å². The number of halogens is 3. The van der Waals surface area contributed by atoms with Crippen molar-refractivity contribution in [3.63, 3.8) is 0 Å². The molecule has 0 amide bonds. The Morgan fingerprint density at radius 3 is 2.47 bits per heavy atom. The van der Waals surface area contributed by atoms with Gasteiger partial charge >= 0.3 is 0 Å². The molecule has 17 heavy (non-hydrogen) atoms. The predicted molar refractivity (Wildman–Crippen MR) is 67.4 cm³/mol. The Bertz CT molecular complexity index is 430. The summed E-state index contributed by atoms with van der Waals surface area (Å²) in [5.74, 6) is -1.37. The maximum absolute atomic E-state index is 13.7. The predicted octanol–water partition coefficient (Wildman–Crippen LogP) is 3.80. The van der Waals surface area contributed by atoms with E-state index in [4.69, 9.17) is 0 Å². The van der Waals surface area contributed by atoms with Gasteiger partial charge in [0.05, 0.1) is 4.83 Å². The molecule has 0 fully saturated rings. The van der Waals surface area contributed by atoms with E-state index in [1.54, 1.807) is 20.8 Å². The van der Waals surface area contributed by atoms with E-state index in [9.17, 15) is 13.6 Å². The Kier molecular flexibility index (Phi) is 4.80. The van der Waals surface area contributed by atoms with Gasteiger partial charge in [-0.2, -0.15) is 0 Å². The first-order valence-corrected chi connectivity index (χ1v) is 6.37. The molecule has 4 heteroatoms. The molecule has 94 valence electrons. The molecule has 0 aliphatic heterocycles. The van der Waals surface area contributed by atoms with Crippen molar-refractivity contribution in [2.24, 2.45) is 5.92 Å². The summed E-state index contributed by atoms with van der Waals surface area (Å²) >= 11 is 3.19. The van der Waals surface area contributed by atoms with Crippen LogP contribution in [0.3, 0.4) is 0 Å². The van der Waals surface area contributed by atoms with Gasteiger partial charge in [-0.25, -0.2) is 8.78 Å². The summed E-state index contributed by atoms with van der Waals surface area (Å²) in [4.78, 5) is 11.1. The molecular formula is C13H15BrF2O. The summed E-state index contributed by atoms with van der Waals surface area (Å²) in [6.45, 7) is 5.10. The van der Waals surface area contributed by atoms with Gasteiger partial charge in [-0.3, -0.25) is 4.79 Å². The maximum Gasteiger partial charge on any atom is 0.149 e. The highest BCUT2D eigenvalue weighted by Crippen LogP contribution is 2.22. The van der Waals surface area contributed by atoms with Crippen LogP contribution in [0.5, 0.6) is 0 Å². The van der Waals surface area contributed by atoms with Crippen molar-refractivity contribution in [3.8, 4) is 0 Å². The number of hydrogen-bond donors (Lipinski definition) is 0. The van der Waals surface area contributed by atoms with E-state index in [1.807, 2.05) is 0 Å². The van der Waals surface area contributed by atoms with Gasteiger partial charge < -0.3 is 0 Å². The zero-order valence-corrected chi connectivity index (χ0v) is 11.6. The van der Waals surface area contributed by atoms with E-state index in [2.05, 4.69) is 15.9 Å². The van der Waals surface area contributed by atoms with Gasteiger partial charge in [-0.05, 0) is 25.0 Å². The fourth-order valence-corrected chi connectivity index (χ4v) is 2.40. The molecule has 1 atom stereocenters. The number of alkyl halides is 1. The van der Waals surface area contributed by atoms with Crippen LogP contribution < -0.4 is 0 Å². The number of Topliss-reactive ketones (excluding diaryl/α,β-unsaturated/α-hetero) is 1. The maximum atomic E-state index is 13.7. The smallest absolute Gasteiger partial charge is 0.149 e. The van der Waals surface area contributed by atoms with Gasteiger partial charge in [-0.15, -0.1) is 0 Å². The van der Waals surface area contributed by atoms with Gasteiger partial charge in [0, 0.05) is 11.5 Å². The number of aryl methyl sites for hydroxylation is 1. The van der Waals surface area contributed by atoms with Crippen LogP contribution in [-0.2, 0) is 11.2 Å². The summed E-state index contributed by atoms with van der Waals surface area (Å²) in [5, 5.41) is 0. The molecule has 1 unspecified atom stereocenters. The fourth-order valence-electron chi connectivity index (χ4n) is 1.54. The molecule has 1 nitrogen and oxygen atoms in total. The Morgan fingerprint density at radius 2 is 1.94 bits per heavy atom. The van der Waals surface area contributed by atoms with E-state index in [-0.39, 0.29) is 23.7 Å². The van der Waals surface area contributed by atoms with Crippen LogP contribution in [0, 0.1) is 24.5 Å². The van der Waals surface area contributed by atoms with E-state index in [1.165, 1.54) is 12.1 Å². The minimum Gasteiger partial charge on any atom is -0.298 e. The highest BCUT2D eigenvalue weighted by atomic mass is 79.9. The first-order chi connectivity index (χ1) is 7.84. The van der Waals surface area contributed by atoms with Crippen LogP contribution in [-0.4, -0.2) is 10.6 Å². The summed E-state index contributed by atoms with van der Waals surface area (Å²) in [7, 11) is 0. The van der Waals surface area contributed by atoms with E-state index in [0.29, 0.717) is 5.56 Å². The minimum atomic E-state index is -0.603. The van der Waals surface area contributed by atoms with Crippen molar-refractivity contribution >= 4 is 21.7 Å². The number of benzene rings is 1. The summed E-state index contributed by atoms with van der Waals surface area (Å²) < 4.78 is 27.2. The highest BCUT2D eigenvalue weighted by Gasteiger charge is 2.22. The lowest BCUT2D eigenvalue weighted by Gasteiger charge is -2.13. The average molecular weight is 305 g/mol. The summed E-state index contributed by atoms with van der Waals surface area (Å²) in [6.07, 6.45) is 0.0381. The van der Waals surface area contributed by atoms with E-state index in [0.717, 1.165) is 0 Å². The SMILES string of the molecule is Cc1ccc(F)c(CC(Br)C(=O)C(C)C)c1F. The first kappa shape index (κ1) is 14.3. The Hall–Kier alpha value is -0.770. The second-order valence-electron chi connectivity index (χ2n) is 4.39. The molecule has 0 saturated carbocycles. The zero-order valence-electron chi connectivity index (χ0n) is 10.1. The Labute approximate surface area is 108 Å². The van der Waals surface area contributed by atoms with Crippen molar-refractivity contribution in [2.45, 2.75) is 32.0 Å². The molecule has 0 radical (unpaired) electrons. The first-order valence-electron chi connectivity index (χ1n) is 5.45. The summed E-state index contributed by atoms with van der Waals surface area (Å²) in [5.41, 5.74) is 0.360. The lowest BCUT2D eigenvalue weighted by molar-refractivity contribution is -0.121. The van der Waals surface area contributed by atoms with Crippen LogP contribution in [0.4, 0.5) is 8.78 Å². The van der Waals surface area contributed by atoms with Gasteiger partial charge in [-0.1, -0.05) is 35.8 Å². The van der Waals surface area contributed by atoms with Gasteiger partial charge in [0.25, 0.3) is 0 Å². The molecule has 1 aromatic carbocycles. The van der Waals surface area contributed by atoms with Crippen molar-refractivity contribution in [2.75, 3.05) is 0 Å². The molecule has 1 rings (SSSR count). The third-order valence-corrected chi connectivity index (χ3v) is 3.42. The van der Waals surface area contributed by atoms with Gasteiger partial charge in [0.1, 0.15) is 17.4 Å². The highest BCUT2D eigenvalue weighted by molar-refractivity contribution is 9.10. The molecule has 0 aromatic heterocycles. The van der Waals surface area contributed by atoms with Gasteiger partial charge in [0.2, 0.25) is 0 Å². The largest absolute Gasteiger partial charge is 0.298 e. The molecule has 0 N–H and O–H groups in total. The lowest BCUT2D eigenvalue weighted by Crippen LogP contribution is -2.23. The minimum absolute atomic E-state index is 0.0270. The fraction of sp³-hybridized carbons (Fsp3) is 0.462. The van der Waals surface area contributed by atoms with Crippen molar-refractivity contribution < 1.29 is 13.6 Å². The van der Waals surface area contributed by atoms with Crippen LogP contribution in [0.25, 0.3) is 0 Å². The van der Waals surface area contributed by atoms with E-state index < -0.39 is 16.5 Å². The molecule has 0 bridgehead atoms. The lowest BCUT2D eigenvalue weighted by atomic mass is 9.99. The van der Waals surface area contributed by atoms with Crippen LogP contribution in [0.2, 0.25) is 0 Å². The van der Waals surface area contributed by atoms with Crippen molar-refractivity contribution in [1.29, 1.82) is 0 Å². The zero-order chi connectivity index (χ0) is 13.2. The normalized spacial score (nSPS) is 12.9. The number of rotatable bonds is 4. The summed E-state index contributed by atoms with van der Waals surface area (Å²) in [6, 6.07) is 2.62. The standard InChI is InChI=1S/C13H15BrF2O/c1-7(2)13(17)10(14)6-9-11(15)5-4-8(3)12(9)16/h4-5,7,10H,6H2,1-3H3. The monoisotopic (exact) mass is 304 g/mol. The number of ketones is 1. The van der Waals surface area contributed by atoms with Crippen LogP contribution in [0.1, 0.15) is 25.0 Å². The Balaban J connectivity index is 2.96. The number of hydrogen-bond acceptors (Lipinski definition) is 1. The molecule has 1 aromatic rings. The average Bonchev–Trinajstić information content (AvgIpc) is 2.28. The molecule has 0 heterocycles. The Morgan fingerprint density at radius 1 is 1.35 bits per heavy atom.